The number of amides is 4. The normalized spacial score (nSPS) is 12.2. The molecule has 120 heavy (non-hydrogen) atoms. The molecule has 24 heteroatoms. The van der Waals surface area contributed by atoms with Crippen LogP contribution < -0.4 is 21.3 Å². The van der Waals surface area contributed by atoms with Gasteiger partial charge in [0.15, 0.2) is 23.3 Å². The average Bonchev–Trinajstić information content (AvgIpc) is 1.13. The zero-order valence-electron chi connectivity index (χ0n) is 64.3. The standard InChI is InChI=1S/C24H18BrN3OS.C24H18ClN3OS.C24H18FN3OS.C24H19N3O2S/c3*25-17-10-7-15(8-11-17)14-21(29)27-24-23(20-6-3-13-30-20)28-22-18-5-2-1-4-16(18)9-12-19(22)26-24;28-17-10-7-15(8-11-17)14-21(29)26-24-23(20-6-3-13-30-20)27-22-18-5-2-1-4-16(18)9-12-19(22)25-24/h3*1-8,10-11,13H,9,12,14H2,(H,26,27,29);1-8,10-11,13,28H,9,12,14H2,(H,25,26,29). The van der Waals surface area contributed by atoms with Gasteiger partial charge in [-0.3, -0.25) is 19.2 Å². The molecule has 0 saturated carbocycles. The van der Waals surface area contributed by atoms with Gasteiger partial charge in [0, 0.05) is 31.7 Å². The lowest BCUT2D eigenvalue weighted by molar-refractivity contribution is -0.116. The van der Waals surface area contributed by atoms with Crippen LogP contribution in [0.1, 0.15) is 67.3 Å². The number of fused-ring (bicyclic) bond motifs is 12. The van der Waals surface area contributed by atoms with Crippen LogP contribution in [0.4, 0.5) is 27.7 Å². The number of benzene rings is 8. The Kier molecular flexibility index (Phi) is 24.3. The monoisotopic (exact) mass is 1730 g/mol. The molecular weight excluding hydrogens is 1660 g/mol. The van der Waals surface area contributed by atoms with E-state index in [-0.39, 0.29) is 54.5 Å². The number of phenols is 1. The maximum absolute atomic E-state index is 13.1. The third kappa shape index (κ3) is 18.7. The van der Waals surface area contributed by atoms with Crippen molar-refractivity contribution < 1.29 is 28.7 Å². The van der Waals surface area contributed by atoms with Crippen molar-refractivity contribution in [1.82, 2.24) is 39.9 Å². The Bertz CT molecular complexity index is 5660. The highest BCUT2D eigenvalue weighted by Crippen LogP contribution is 2.43. The zero-order valence-corrected chi connectivity index (χ0v) is 69.9. The molecule has 8 aromatic carbocycles. The van der Waals surface area contributed by atoms with E-state index < -0.39 is 0 Å². The van der Waals surface area contributed by atoms with Crippen LogP contribution in [0.15, 0.2) is 269 Å². The fraction of sp³-hybridized carbons (Fsp3) is 0.125. The minimum atomic E-state index is -0.319. The van der Waals surface area contributed by atoms with Gasteiger partial charge in [-0.15, -0.1) is 45.3 Å². The summed E-state index contributed by atoms with van der Waals surface area (Å²) in [7, 11) is 0. The van der Waals surface area contributed by atoms with Gasteiger partial charge >= 0.3 is 0 Å². The van der Waals surface area contributed by atoms with Crippen molar-refractivity contribution in [3.63, 3.8) is 0 Å². The number of thiophene rings is 4. The van der Waals surface area contributed by atoms with E-state index in [2.05, 4.69) is 104 Å². The molecule has 16 aromatic rings. The molecule has 0 unspecified atom stereocenters. The molecule has 8 aromatic heterocycles. The molecule has 0 radical (unpaired) electrons. The van der Waals surface area contributed by atoms with Crippen molar-refractivity contribution in [2.24, 2.45) is 0 Å². The first-order chi connectivity index (χ1) is 58.7. The predicted molar refractivity (Wildman–Crippen MR) is 482 cm³/mol. The fourth-order valence-corrected chi connectivity index (χ4v) is 18.1. The van der Waals surface area contributed by atoms with Crippen molar-refractivity contribution in [3.8, 4) is 93.1 Å². The van der Waals surface area contributed by atoms with Crippen molar-refractivity contribution in [1.29, 1.82) is 0 Å². The van der Waals surface area contributed by atoms with E-state index in [9.17, 15) is 28.7 Å². The first-order valence-electron chi connectivity index (χ1n) is 39.0. The summed E-state index contributed by atoms with van der Waals surface area (Å²) >= 11 is 15.7. The predicted octanol–water partition coefficient (Wildman–Crippen LogP) is 21.9. The molecule has 4 aliphatic carbocycles. The quantitative estimate of drug-likeness (QED) is 0.0606. The molecule has 0 aliphatic heterocycles. The van der Waals surface area contributed by atoms with Crippen molar-refractivity contribution in [2.75, 3.05) is 21.3 Å². The Morgan fingerprint density at radius 3 is 0.850 bits per heavy atom. The van der Waals surface area contributed by atoms with E-state index in [1.807, 2.05) is 137 Å². The van der Waals surface area contributed by atoms with Crippen LogP contribution in [-0.4, -0.2) is 68.6 Å². The molecular formula is C96H73BrClFN12O5S4. The minimum Gasteiger partial charge on any atom is -0.508 e. The molecule has 0 saturated heterocycles. The van der Waals surface area contributed by atoms with E-state index in [1.165, 1.54) is 34.4 Å². The lowest BCUT2D eigenvalue weighted by atomic mass is 9.92. The summed E-state index contributed by atoms with van der Waals surface area (Å²) in [6.45, 7) is 0. The van der Waals surface area contributed by atoms with Crippen LogP contribution in [0.2, 0.25) is 5.02 Å². The SMILES string of the molecule is O=C(Cc1ccc(Br)cc1)Nc1nc2c(nc1-c1cccs1)-c1ccccc1CC2.O=C(Cc1ccc(Cl)cc1)Nc1nc2c(nc1-c1cccs1)-c1ccccc1CC2.O=C(Cc1ccc(F)cc1)Nc1nc2c(nc1-c1cccs1)-c1ccccc1CC2.O=C(Cc1ccc(O)cc1)Nc1nc2c(nc1-c1cccs1)-c1ccccc1CC2. The van der Waals surface area contributed by atoms with Crippen LogP contribution in [0, 0.1) is 5.82 Å². The van der Waals surface area contributed by atoms with Crippen LogP contribution >= 0.6 is 72.9 Å². The van der Waals surface area contributed by atoms with Crippen LogP contribution in [-0.2, 0) is 96.2 Å². The molecule has 0 spiro atoms. The van der Waals surface area contributed by atoms with Gasteiger partial charge in [-0.2, -0.15) is 0 Å². The van der Waals surface area contributed by atoms with Crippen LogP contribution in [0.25, 0.3) is 87.3 Å². The molecule has 0 fully saturated rings. The number of nitrogens with one attached hydrogen (secondary N) is 4. The van der Waals surface area contributed by atoms with Gasteiger partial charge in [0.05, 0.1) is 90.7 Å². The number of anilines is 4. The molecule has 8 heterocycles. The second kappa shape index (κ2) is 36.6. The molecule has 0 atom stereocenters. The highest BCUT2D eigenvalue weighted by molar-refractivity contribution is 9.10. The molecule has 5 N–H and O–H groups in total. The summed E-state index contributed by atoms with van der Waals surface area (Å²) in [5.41, 5.74) is 23.1. The molecule has 17 nitrogen and oxygen atoms in total. The summed E-state index contributed by atoms with van der Waals surface area (Å²) in [4.78, 5) is 94.1. The van der Waals surface area contributed by atoms with E-state index in [4.69, 9.17) is 51.5 Å². The Hall–Kier alpha value is -12.7. The number of hydrogen-bond acceptors (Lipinski definition) is 17. The Morgan fingerprint density at radius 1 is 0.317 bits per heavy atom. The molecule has 592 valence electrons. The number of aromatic hydroxyl groups is 1. The number of hydrogen-bond donors (Lipinski definition) is 5. The smallest absolute Gasteiger partial charge is 0.230 e. The molecule has 20 rings (SSSR count). The molecule has 4 amide bonds. The lowest BCUT2D eigenvalue weighted by Gasteiger charge is -2.20. The number of aryl methyl sites for hydroxylation is 8. The van der Waals surface area contributed by atoms with Crippen LogP contribution in [0.3, 0.4) is 0 Å². The fourth-order valence-electron chi connectivity index (χ4n) is 14.9. The second-order valence-electron chi connectivity index (χ2n) is 28.8. The Morgan fingerprint density at radius 2 is 0.575 bits per heavy atom. The summed E-state index contributed by atoms with van der Waals surface area (Å²) in [6.07, 6.45) is 7.77. The summed E-state index contributed by atoms with van der Waals surface area (Å²) < 4.78 is 14.1. The Balaban J connectivity index is 0.000000114. The zero-order chi connectivity index (χ0) is 82.0. The van der Waals surface area contributed by atoms with Crippen molar-refractivity contribution in [2.45, 2.75) is 77.0 Å². The maximum Gasteiger partial charge on any atom is 0.230 e. The highest BCUT2D eigenvalue weighted by Gasteiger charge is 2.29. The number of carbonyl (C=O) groups is 4. The summed E-state index contributed by atoms with van der Waals surface area (Å²) in [6, 6.07) is 76.8. The number of halogens is 3. The number of aromatic nitrogens is 8. The summed E-state index contributed by atoms with van der Waals surface area (Å²) in [5.74, 6) is 1.31. The first-order valence-corrected chi connectivity index (χ1v) is 43.7. The van der Waals surface area contributed by atoms with Gasteiger partial charge < -0.3 is 26.4 Å². The second-order valence-corrected chi connectivity index (χ2v) is 34.0. The van der Waals surface area contributed by atoms with Gasteiger partial charge in [0.25, 0.3) is 0 Å². The van der Waals surface area contributed by atoms with Crippen molar-refractivity contribution >= 4 is 120 Å². The third-order valence-corrected chi connectivity index (χ3v) is 25.0. The topological polar surface area (TPSA) is 240 Å². The van der Waals surface area contributed by atoms with Crippen molar-refractivity contribution in [3.05, 3.63) is 347 Å². The maximum atomic E-state index is 13.1. The average molecular weight is 1740 g/mol. The van der Waals surface area contributed by atoms with Gasteiger partial charge in [0.2, 0.25) is 23.6 Å². The first kappa shape index (κ1) is 79.7. The van der Waals surface area contributed by atoms with Crippen LogP contribution in [0.5, 0.6) is 5.75 Å². The van der Waals surface area contributed by atoms with Gasteiger partial charge in [-0.25, -0.2) is 44.3 Å². The third-order valence-electron chi connectivity index (χ3n) is 20.7. The molecule has 0 bridgehead atoms. The minimum absolute atomic E-state index is 0.0967. The van der Waals surface area contributed by atoms with Gasteiger partial charge in [-0.1, -0.05) is 197 Å². The van der Waals surface area contributed by atoms with E-state index >= 15 is 0 Å². The van der Waals surface area contributed by atoms with Gasteiger partial charge in [-0.05, 0) is 190 Å². The highest BCUT2D eigenvalue weighted by atomic mass is 79.9. The van der Waals surface area contributed by atoms with E-state index in [1.54, 1.807) is 93.9 Å². The lowest BCUT2D eigenvalue weighted by Crippen LogP contribution is -2.18. The Labute approximate surface area is 720 Å². The van der Waals surface area contributed by atoms with Gasteiger partial charge in [0.1, 0.15) is 34.3 Å². The van der Waals surface area contributed by atoms with E-state index in [0.29, 0.717) is 51.8 Å². The largest absolute Gasteiger partial charge is 0.508 e. The number of rotatable bonds is 16. The molecule has 4 aliphatic rings. The number of phenolic OH excluding ortho intramolecular Hbond substituents is 1. The van der Waals surface area contributed by atoms with E-state index in [0.717, 1.165) is 171 Å². The number of nitrogens with zero attached hydrogens (tertiary/aromatic N) is 8. The summed E-state index contributed by atoms with van der Waals surface area (Å²) in [5, 5.41) is 30.0. The number of carbonyl (C=O) groups excluding carboxylic acids is 4.